The number of hydrogen-bond donors (Lipinski definition) is 1. The predicted molar refractivity (Wildman–Crippen MR) is 84.1 cm³/mol. The molecule has 2 rings (SSSR count). The van der Waals surface area contributed by atoms with Crippen LogP contribution in [0.5, 0.6) is 0 Å². The van der Waals surface area contributed by atoms with Crippen molar-refractivity contribution >= 4 is 18.4 Å². The number of rotatable bonds is 7. The van der Waals surface area contributed by atoms with Gasteiger partial charge in [0.25, 0.3) is 0 Å². The highest BCUT2D eigenvalue weighted by Gasteiger charge is 2.19. The number of carboxylic acid groups (broad SMARTS) is 1. The minimum Gasteiger partial charge on any atom is -0.481 e. The lowest BCUT2D eigenvalue weighted by Gasteiger charge is -2.20. The maximum absolute atomic E-state index is 10.6. The summed E-state index contributed by atoms with van der Waals surface area (Å²) in [5.74, 6) is 0.327. The fourth-order valence-electron chi connectivity index (χ4n) is 1.94. The first-order valence-corrected chi connectivity index (χ1v) is 6.84. The van der Waals surface area contributed by atoms with E-state index in [4.69, 9.17) is 9.63 Å². The standard InChI is InChI=1S/C15H19N3O3.ClH/c1-11(18(2)9-8-14(19)20)15-16-13(17-21-15)10-12-6-4-3-5-7-12;/h3-7,11H,8-10H2,1-2H3,(H,19,20);1H. The number of nitrogens with zero attached hydrogens (tertiary/aromatic N) is 3. The minimum absolute atomic E-state index is 0. The largest absolute Gasteiger partial charge is 0.481 e. The van der Waals surface area contributed by atoms with Gasteiger partial charge in [0.05, 0.1) is 12.5 Å². The van der Waals surface area contributed by atoms with E-state index in [0.29, 0.717) is 24.7 Å². The molecule has 1 N–H and O–H groups in total. The summed E-state index contributed by atoms with van der Waals surface area (Å²) >= 11 is 0. The molecule has 0 aliphatic carbocycles. The number of benzene rings is 1. The van der Waals surface area contributed by atoms with E-state index in [9.17, 15) is 4.79 Å². The van der Waals surface area contributed by atoms with Gasteiger partial charge in [-0.05, 0) is 19.5 Å². The Balaban J connectivity index is 0.00000242. The van der Waals surface area contributed by atoms with Gasteiger partial charge in [0.2, 0.25) is 5.89 Å². The summed E-state index contributed by atoms with van der Waals surface area (Å²) < 4.78 is 5.28. The maximum Gasteiger partial charge on any atom is 0.304 e. The number of aliphatic carboxylic acids is 1. The molecule has 0 saturated carbocycles. The molecule has 0 radical (unpaired) electrons. The summed E-state index contributed by atoms with van der Waals surface area (Å²) in [5, 5.41) is 12.7. The van der Waals surface area contributed by atoms with Crippen molar-refractivity contribution in [1.29, 1.82) is 0 Å². The Kier molecular flexibility index (Phi) is 7.01. The zero-order valence-corrected chi connectivity index (χ0v) is 13.4. The lowest BCUT2D eigenvalue weighted by atomic mass is 10.1. The van der Waals surface area contributed by atoms with Crippen molar-refractivity contribution in [2.45, 2.75) is 25.8 Å². The molecule has 2 aromatic rings. The van der Waals surface area contributed by atoms with E-state index in [2.05, 4.69) is 10.1 Å². The number of hydrogen-bond acceptors (Lipinski definition) is 5. The average molecular weight is 326 g/mol. The summed E-state index contributed by atoms with van der Waals surface area (Å²) in [4.78, 5) is 16.9. The van der Waals surface area contributed by atoms with Crippen molar-refractivity contribution in [2.75, 3.05) is 13.6 Å². The Morgan fingerprint density at radius 1 is 1.36 bits per heavy atom. The summed E-state index contributed by atoms with van der Waals surface area (Å²) in [7, 11) is 1.84. The molecule has 7 heteroatoms. The normalized spacial score (nSPS) is 12.0. The van der Waals surface area contributed by atoms with Gasteiger partial charge in [-0.15, -0.1) is 12.4 Å². The monoisotopic (exact) mass is 325 g/mol. The van der Waals surface area contributed by atoms with Gasteiger partial charge in [-0.2, -0.15) is 4.98 Å². The highest BCUT2D eigenvalue weighted by Crippen LogP contribution is 2.17. The van der Waals surface area contributed by atoms with Gasteiger partial charge in [-0.3, -0.25) is 9.69 Å². The van der Waals surface area contributed by atoms with Crippen LogP contribution >= 0.6 is 12.4 Å². The zero-order valence-electron chi connectivity index (χ0n) is 12.6. The third-order valence-corrected chi connectivity index (χ3v) is 3.39. The van der Waals surface area contributed by atoms with Crippen molar-refractivity contribution < 1.29 is 14.4 Å². The highest BCUT2D eigenvalue weighted by atomic mass is 35.5. The fourth-order valence-corrected chi connectivity index (χ4v) is 1.94. The third-order valence-electron chi connectivity index (χ3n) is 3.39. The lowest BCUT2D eigenvalue weighted by Crippen LogP contribution is -2.25. The Hall–Kier alpha value is -1.92. The third kappa shape index (κ3) is 5.13. The maximum atomic E-state index is 10.6. The van der Waals surface area contributed by atoms with Crippen molar-refractivity contribution in [3.8, 4) is 0 Å². The van der Waals surface area contributed by atoms with Crippen LogP contribution in [0.1, 0.15) is 36.7 Å². The summed E-state index contributed by atoms with van der Waals surface area (Å²) in [6.45, 7) is 2.36. The molecule has 0 saturated heterocycles. The molecule has 0 aliphatic rings. The molecule has 0 amide bonds. The molecule has 0 fully saturated rings. The van der Waals surface area contributed by atoms with Crippen molar-refractivity contribution in [1.82, 2.24) is 15.0 Å². The van der Waals surface area contributed by atoms with E-state index in [1.54, 1.807) is 0 Å². The number of carbonyl (C=O) groups is 1. The van der Waals surface area contributed by atoms with E-state index in [1.165, 1.54) is 0 Å². The van der Waals surface area contributed by atoms with E-state index >= 15 is 0 Å². The topological polar surface area (TPSA) is 79.5 Å². The molecule has 0 spiro atoms. The Morgan fingerprint density at radius 2 is 2.05 bits per heavy atom. The average Bonchev–Trinajstić information content (AvgIpc) is 2.93. The fraction of sp³-hybridized carbons (Fsp3) is 0.400. The van der Waals surface area contributed by atoms with Crippen LogP contribution in [0.25, 0.3) is 0 Å². The summed E-state index contributed by atoms with van der Waals surface area (Å²) in [6, 6.07) is 9.82. The van der Waals surface area contributed by atoms with Crippen LogP contribution in [0.2, 0.25) is 0 Å². The van der Waals surface area contributed by atoms with Crippen molar-refractivity contribution in [3.63, 3.8) is 0 Å². The molecule has 1 unspecified atom stereocenters. The molecular weight excluding hydrogens is 306 g/mol. The minimum atomic E-state index is -0.815. The molecule has 1 aromatic carbocycles. The smallest absolute Gasteiger partial charge is 0.304 e. The molecule has 1 aromatic heterocycles. The first-order chi connectivity index (χ1) is 10.1. The number of carboxylic acids is 1. The second-order valence-corrected chi connectivity index (χ2v) is 5.01. The van der Waals surface area contributed by atoms with Gasteiger partial charge in [0.1, 0.15) is 0 Å². The highest BCUT2D eigenvalue weighted by molar-refractivity contribution is 5.85. The van der Waals surface area contributed by atoms with E-state index < -0.39 is 5.97 Å². The van der Waals surface area contributed by atoms with Crippen molar-refractivity contribution in [2.24, 2.45) is 0 Å². The zero-order chi connectivity index (χ0) is 15.2. The number of aromatic nitrogens is 2. The van der Waals surface area contributed by atoms with Crippen LogP contribution in [0.15, 0.2) is 34.9 Å². The Morgan fingerprint density at radius 3 is 2.68 bits per heavy atom. The van der Waals surface area contributed by atoms with Gasteiger partial charge < -0.3 is 9.63 Å². The molecule has 1 atom stereocenters. The molecule has 6 nitrogen and oxygen atoms in total. The molecule has 0 aliphatic heterocycles. The SMILES string of the molecule is CC(c1nc(Cc2ccccc2)no1)N(C)CCC(=O)O.Cl. The second kappa shape index (κ2) is 8.51. The predicted octanol–water partition coefficient (Wildman–Crippen LogP) is 2.55. The van der Waals surface area contributed by atoms with Gasteiger partial charge >= 0.3 is 5.97 Å². The van der Waals surface area contributed by atoms with Gasteiger partial charge in [0, 0.05) is 13.0 Å². The molecule has 0 bridgehead atoms. The van der Waals surface area contributed by atoms with Crippen LogP contribution in [0.3, 0.4) is 0 Å². The van der Waals surface area contributed by atoms with Crippen LogP contribution in [0.4, 0.5) is 0 Å². The first-order valence-electron chi connectivity index (χ1n) is 6.84. The van der Waals surface area contributed by atoms with Crippen LogP contribution < -0.4 is 0 Å². The van der Waals surface area contributed by atoms with Crippen molar-refractivity contribution in [3.05, 3.63) is 47.6 Å². The molecular formula is C15H20ClN3O3. The Bertz CT molecular complexity index is 589. The summed E-state index contributed by atoms with van der Waals surface area (Å²) in [5.41, 5.74) is 1.12. The molecule has 120 valence electrons. The van der Waals surface area contributed by atoms with E-state index in [-0.39, 0.29) is 24.9 Å². The van der Waals surface area contributed by atoms with Gasteiger partial charge in [-0.25, -0.2) is 0 Å². The van der Waals surface area contributed by atoms with E-state index in [1.807, 2.05) is 49.2 Å². The van der Waals surface area contributed by atoms with E-state index in [0.717, 1.165) is 5.56 Å². The van der Waals surface area contributed by atoms with Crippen LogP contribution in [0, 0.1) is 0 Å². The number of halogens is 1. The second-order valence-electron chi connectivity index (χ2n) is 5.01. The van der Waals surface area contributed by atoms with Crippen LogP contribution in [-0.2, 0) is 11.2 Å². The molecule has 1 heterocycles. The van der Waals surface area contributed by atoms with Gasteiger partial charge in [-0.1, -0.05) is 35.5 Å². The summed E-state index contributed by atoms with van der Waals surface area (Å²) in [6.07, 6.45) is 0.710. The Labute approximate surface area is 135 Å². The van der Waals surface area contributed by atoms with Gasteiger partial charge in [0.15, 0.2) is 5.82 Å². The molecule has 22 heavy (non-hydrogen) atoms. The van der Waals surface area contributed by atoms with Crippen LogP contribution in [-0.4, -0.2) is 39.7 Å². The first kappa shape index (κ1) is 18.1. The lowest BCUT2D eigenvalue weighted by molar-refractivity contribution is -0.137. The quantitative estimate of drug-likeness (QED) is 0.842.